The molecule has 1 aromatic carbocycles. The quantitative estimate of drug-likeness (QED) is 0.851. The van der Waals surface area contributed by atoms with E-state index in [2.05, 4.69) is 4.98 Å². The van der Waals surface area contributed by atoms with E-state index in [0.29, 0.717) is 25.4 Å². The van der Waals surface area contributed by atoms with Gasteiger partial charge in [0.15, 0.2) is 10.1 Å². The van der Waals surface area contributed by atoms with E-state index in [0.717, 1.165) is 11.8 Å². The van der Waals surface area contributed by atoms with E-state index in [-0.39, 0.29) is 12.2 Å². The van der Waals surface area contributed by atoms with Crippen LogP contribution in [0.4, 0.5) is 4.39 Å². The van der Waals surface area contributed by atoms with Gasteiger partial charge >= 0.3 is 5.97 Å². The molecular weight excluding hydrogens is 313 g/mol. The molecule has 21 heavy (non-hydrogen) atoms. The molecule has 4 nitrogen and oxygen atoms in total. The number of thiazole rings is 1. The molecule has 0 amide bonds. The lowest BCUT2D eigenvalue weighted by Crippen LogP contribution is -1.99. The minimum absolute atomic E-state index is 0.0875. The molecule has 0 spiro atoms. The molecule has 0 bridgehead atoms. The molecule has 0 saturated heterocycles. The molecule has 0 aliphatic carbocycles. The molecule has 2 rings (SSSR count). The van der Waals surface area contributed by atoms with Crippen molar-refractivity contribution in [3.8, 4) is 0 Å². The van der Waals surface area contributed by atoms with Crippen molar-refractivity contribution >= 4 is 34.9 Å². The molecule has 0 radical (unpaired) electrons. The van der Waals surface area contributed by atoms with Crippen LogP contribution in [0.3, 0.4) is 0 Å². The predicted octanol–water partition coefficient (Wildman–Crippen LogP) is 3.57. The summed E-state index contributed by atoms with van der Waals surface area (Å²) in [7, 11) is 0. The van der Waals surface area contributed by atoms with Crippen LogP contribution in [0.25, 0.3) is 0 Å². The van der Waals surface area contributed by atoms with Gasteiger partial charge in [-0.1, -0.05) is 17.8 Å². The van der Waals surface area contributed by atoms with E-state index in [9.17, 15) is 14.0 Å². The molecule has 7 heteroatoms. The summed E-state index contributed by atoms with van der Waals surface area (Å²) in [6.45, 7) is 3.11. The van der Waals surface area contributed by atoms with Crippen molar-refractivity contribution in [2.75, 3.05) is 0 Å². The topological polar surface area (TPSA) is 67.3 Å². The standard InChI is InChI=1S/C14H12FNO3S2/c1-7-12(6-13(18)19)21-14(16-7)20-11-4-3-9(8(2)17)5-10(11)15/h3-5H,6H2,1-2H3,(H,18,19). The summed E-state index contributed by atoms with van der Waals surface area (Å²) in [6.07, 6.45) is -0.0875. The Kier molecular flexibility index (Phi) is 4.74. The molecule has 2 aromatic rings. The number of carbonyl (C=O) groups excluding carboxylic acids is 1. The van der Waals surface area contributed by atoms with Gasteiger partial charge in [0.05, 0.1) is 17.0 Å². The van der Waals surface area contributed by atoms with Crippen molar-refractivity contribution in [3.05, 3.63) is 40.2 Å². The number of hydrogen-bond acceptors (Lipinski definition) is 5. The molecule has 1 aromatic heterocycles. The van der Waals surface area contributed by atoms with Crippen molar-refractivity contribution in [1.29, 1.82) is 0 Å². The number of aromatic nitrogens is 1. The van der Waals surface area contributed by atoms with E-state index in [1.165, 1.54) is 30.4 Å². The van der Waals surface area contributed by atoms with Crippen LogP contribution in [-0.2, 0) is 11.2 Å². The first kappa shape index (κ1) is 15.7. The maximum Gasteiger partial charge on any atom is 0.308 e. The zero-order valence-electron chi connectivity index (χ0n) is 11.3. The van der Waals surface area contributed by atoms with Crippen LogP contribution in [0.1, 0.15) is 27.9 Å². The number of ketones is 1. The van der Waals surface area contributed by atoms with Gasteiger partial charge in [-0.3, -0.25) is 9.59 Å². The van der Waals surface area contributed by atoms with E-state index < -0.39 is 11.8 Å². The number of hydrogen-bond donors (Lipinski definition) is 1. The molecule has 1 N–H and O–H groups in total. The fraction of sp³-hybridized carbons (Fsp3) is 0.214. The van der Waals surface area contributed by atoms with Crippen molar-refractivity contribution in [2.24, 2.45) is 0 Å². The van der Waals surface area contributed by atoms with Gasteiger partial charge in [-0.15, -0.1) is 11.3 Å². The Hall–Kier alpha value is -1.73. The average Bonchev–Trinajstić information content (AvgIpc) is 2.71. The lowest BCUT2D eigenvalue weighted by Gasteiger charge is -2.02. The van der Waals surface area contributed by atoms with Gasteiger partial charge in [0.25, 0.3) is 0 Å². The Morgan fingerprint density at radius 2 is 2.14 bits per heavy atom. The second-order valence-electron chi connectivity index (χ2n) is 4.36. The molecule has 1 heterocycles. The van der Waals surface area contributed by atoms with Crippen molar-refractivity contribution < 1.29 is 19.1 Å². The largest absolute Gasteiger partial charge is 0.481 e. The van der Waals surface area contributed by atoms with Crippen molar-refractivity contribution in [1.82, 2.24) is 4.98 Å². The molecule has 110 valence electrons. The summed E-state index contributed by atoms with van der Waals surface area (Å²) in [6, 6.07) is 4.29. The van der Waals surface area contributed by atoms with E-state index in [1.807, 2.05) is 0 Å². The first-order valence-corrected chi connectivity index (χ1v) is 7.66. The maximum absolute atomic E-state index is 13.9. The average molecular weight is 325 g/mol. The van der Waals surface area contributed by atoms with Crippen LogP contribution in [0.15, 0.2) is 27.4 Å². The molecular formula is C14H12FNO3S2. The van der Waals surface area contributed by atoms with Gasteiger partial charge in [-0.25, -0.2) is 9.37 Å². The first-order chi connectivity index (χ1) is 9.86. The summed E-state index contributed by atoms with van der Waals surface area (Å²) < 4.78 is 14.5. The number of carbonyl (C=O) groups is 2. The summed E-state index contributed by atoms with van der Waals surface area (Å²) in [4.78, 5) is 27.2. The highest BCUT2D eigenvalue weighted by molar-refractivity contribution is 8.01. The third kappa shape index (κ3) is 3.89. The number of Topliss-reactive ketones (excluding diaryl/α,β-unsaturated/α-hetero) is 1. The van der Waals surface area contributed by atoms with Gasteiger partial charge in [-0.2, -0.15) is 0 Å². The number of nitrogens with zero attached hydrogens (tertiary/aromatic N) is 1. The van der Waals surface area contributed by atoms with Gasteiger partial charge in [-0.05, 0) is 26.0 Å². The number of rotatable bonds is 5. The summed E-state index contributed by atoms with van der Waals surface area (Å²) in [5.74, 6) is -1.60. The fourth-order valence-corrected chi connectivity index (χ4v) is 3.83. The Bertz CT molecular complexity index is 712. The molecule has 0 aliphatic heterocycles. The van der Waals surface area contributed by atoms with E-state index >= 15 is 0 Å². The second-order valence-corrected chi connectivity index (χ2v) is 6.74. The number of benzene rings is 1. The molecule has 0 saturated carbocycles. The van der Waals surface area contributed by atoms with Crippen LogP contribution in [0, 0.1) is 12.7 Å². The molecule has 0 fully saturated rings. The maximum atomic E-state index is 13.9. The number of carboxylic acid groups (broad SMARTS) is 1. The fourth-order valence-electron chi connectivity index (χ4n) is 1.64. The highest BCUT2D eigenvalue weighted by Gasteiger charge is 2.14. The monoisotopic (exact) mass is 325 g/mol. The smallest absolute Gasteiger partial charge is 0.308 e. The normalized spacial score (nSPS) is 10.6. The van der Waals surface area contributed by atoms with Crippen LogP contribution in [-0.4, -0.2) is 21.8 Å². The Morgan fingerprint density at radius 1 is 1.43 bits per heavy atom. The number of halogens is 1. The number of aryl methyl sites for hydroxylation is 1. The molecule has 0 atom stereocenters. The summed E-state index contributed by atoms with van der Waals surface area (Å²) >= 11 is 2.36. The molecule has 0 aliphatic rings. The van der Waals surface area contributed by atoms with Crippen molar-refractivity contribution in [3.63, 3.8) is 0 Å². The van der Waals surface area contributed by atoms with Gasteiger partial charge < -0.3 is 5.11 Å². The van der Waals surface area contributed by atoms with Gasteiger partial charge in [0.2, 0.25) is 0 Å². The minimum atomic E-state index is -0.921. The Balaban J connectivity index is 2.22. The lowest BCUT2D eigenvalue weighted by molar-refractivity contribution is -0.136. The van der Waals surface area contributed by atoms with Crippen molar-refractivity contribution in [2.45, 2.75) is 29.5 Å². The van der Waals surface area contributed by atoms with Crippen LogP contribution in [0.5, 0.6) is 0 Å². The van der Waals surface area contributed by atoms with E-state index in [4.69, 9.17) is 5.11 Å². The Labute approximate surface area is 129 Å². The number of carboxylic acids is 1. The first-order valence-electron chi connectivity index (χ1n) is 6.03. The lowest BCUT2D eigenvalue weighted by atomic mass is 10.1. The predicted molar refractivity (Wildman–Crippen MR) is 78.7 cm³/mol. The summed E-state index contributed by atoms with van der Waals surface area (Å²) in [5, 5.41) is 8.80. The zero-order valence-corrected chi connectivity index (χ0v) is 13.0. The highest BCUT2D eigenvalue weighted by atomic mass is 32.2. The minimum Gasteiger partial charge on any atom is -0.481 e. The van der Waals surface area contributed by atoms with E-state index in [1.54, 1.807) is 13.0 Å². The van der Waals surface area contributed by atoms with Crippen LogP contribution < -0.4 is 0 Å². The van der Waals surface area contributed by atoms with Gasteiger partial charge in [0, 0.05) is 10.4 Å². The third-order valence-corrected chi connectivity index (χ3v) is 4.99. The Morgan fingerprint density at radius 3 is 2.71 bits per heavy atom. The summed E-state index contributed by atoms with van der Waals surface area (Å²) in [5.41, 5.74) is 0.962. The van der Waals surface area contributed by atoms with Crippen LogP contribution >= 0.6 is 23.1 Å². The number of aliphatic carboxylic acids is 1. The SMILES string of the molecule is CC(=O)c1ccc(Sc2nc(C)c(CC(=O)O)s2)c(F)c1. The van der Waals surface area contributed by atoms with Crippen LogP contribution in [0.2, 0.25) is 0 Å². The zero-order chi connectivity index (χ0) is 15.6. The second kappa shape index (κ2) is 6.36. The third-order valence-electron chi connectivity index (χ3n) is 2.72. The molecule has 0 unspecified atom stereocenters. The highest BCUT2D eigenvalue weighted by Crippen LogP contribution is 2.34. The van der Waals surface area contributed by atoms with Gasteiger partial charge in [0.1, 0.15) is 5.82 Å².